The van der Waals surface area contributed by atoms with Gasteiger partial charge in [-0.2, -0.15) is 0 Å². The standard InChI is InChI=1S/Al.Mg.Ni.V.Zn.5H. The molecule has 5 heavy (non-hydrogen) atoms. The van der Waals surface area contributed by atoms with E-state index in [9.17, 15) is 0 Å². The van der Waals surface area contributed by atoms with Gasteiger partial charge in [0.2, 0.25) is 0 Å². The molecule has 0 saturated carbocycles. The van der Waals surface area contributed by atoms with Gasteiger partial charge in [-0.3, -0.25) is 0 Å². The SMILES string of the molecule is [AlH3].[MgH2].[Ni].[V].[Zn]. The summed E-state index contributed by atoms with van der Waals surface area (Å²) in [6.45, 7) is 0. The van der Waals surface area contributed by atoms with Crippen LogP contribution >= 0.6 is 0 Å². The zero-order chi connectivity index (χ0) is 0. The van der Waals surface area contributed by atoms with Gasteiger partial charge in [-0.15, -0.1) is 0 Å². The third-order valence-corrected chi connectivity index (χ3v) is 0. The summed E-state index contributed by atoms with van der Waals surface area (Å²) in [5.74, 6) is 0. The minimum atomic E-state index is 0. The van der Waals surface area contributed by atoms with Crippen LogP contribution in [0.15, 0.2) is 0 Å². The van der Waals surface area contributed by atoms with Crippen molar-refractivity contribution in [3.05, 3.63) is 0 Å². The van der Waals surface area contributed by atoms with Gasteiger partial charge < -0.3 is 0 Å². The van der Waals surface area contributed by atoms with Crippen molar-refractivity contribution in [1.82, 2.24) is 0 Å². The third-order valence-electron chi connectivity index (χ3n) is 0. The fraction of sp³-hybridized carbons (Fsp3) is 0. The summed E-state index contributed by atoms with van der Waals surface area (Å²) in [7, 11) is 0. The molecule has 0 amide bonds. The Kier molecular flexibility index (Phi) is 244. The largest absolute Gasteiger partial charge is 0.316 e. The molecule has 0 heterocycles. The second kappa shape index (κ2) is 28.0. The van der Waals surface area contributed by atoms with E-state index in [1.807, 2.05) is 0 Å². The molecule has 0 aliphatic heterocycles. The van der Waals surface area contributed by atoms with E-state index in [-0.39, 0.29) is 94.9 Å². The molecular formula is H5AlMgNiVZn. The van der Waals surface area contributed by atoms with Crippen LogP contribution in [0.3, 0.4) is 0 Å². The van der Waals surface area contributed by atoms with Gasteiger partial charge >= 0.3 is 23.1 Å². The van der Waals surface area contributed by atoms with Crippen molar-refractivity contribution in [2.24, 2.45) is 0 Å². The minimum absolute atomic E-state index is 0. The molecule has 0 fully saturated rings. The topological polar surface area (TPSA) is 0 Å². The van der Waals surface area contributed by atoms with E-state index in [0.717, 1.165) is 0 Å². The van der Waals surface area contributed by atoms with Gasteiger partial charge in [-0.05, 0) is 0 Å². The zero-order valence-corrected chi connectivity index (χ0v) is 6.82. The Morgan fingerprint density at radius 3 is 1.00 bits per heavy atom. The van der Waals surface area contributed by atoms with Crippen molar-refractivity contribution in [1.29, 1.82) is 0 Å². The summed E-state index contributed by atoms with van der Waals surface area (Å²) in [4.78, 5) is 0. The summed E-state index contributed by atoms with van der Waals surface area (Å²) < 4.78 is 0. The van der Waals surface area contributed by atoms with Crippen LogP contribution in [0.25, 0.3) is 0 Å². The fourth-order valence-electron chi connectivity index (χ4n) is 0. The molecule has 0 N–H and O–H groups in total. The average molecular weight is 231 g/mol. The maximum atomic E-state index is 0. The molecule has 0 aromatic carbocycles. The van der Waals surface area contributed by atoms with Gasteiger partial charge in [0.05, 0.1) is 0 Å². The first-order chi connectivity index (χ1) is 0. The van der Waals surface area contributed by atoms with Crippen molar-refractivity contribution >= 4 is 40.4 Å². The molecule has 0 aliphatic rings. The van der Waals surface area contributed by atoms with Crippen molar-refractivity contribution in [3.63, 3.8) is 0 Å². The van der Waals surface area contributed by atoms with E-state index < -0.39 is 0 Å². The first-order valence-electron chi connectivity index (χ1n) is 0. The maximum Gasteiger partial charge on any atom is 0.316 e. The van der Waals surface area contributed by atoms with Gasteiger partial charge in [0.15, 0.2) is 17.4 Å². The van der Waals surface area contributed by atoms with Crippen molar-refractivity contribution in [2.45, 2.75) is 0 Å². The Bertz CT molecular complexity index is 11.6. The van der Waals surface area contributed by atoms with Gasteiger partial charge in [0.1, 0.15) is 0 Å². The summed E-state index contributed by atoms with van der Waals surface area (Å²) in [6, 6.07) is 0. The third kappa shape index (κ3) is 19.4. The summed E-state index contributed by atoms with van der Waals surface area (Å²) in [6.07, 6.45) is 0. The molecule has 0 rings (SSSR count). The average Bonchev–Trinajstić information content (AvgIpc) is 0. The van der Waals surface area contributed by atoms with E-state index in [1.165, 1.54) is 0 Å². The molecule has 0 aromatic heterocycles. The molecule has 0 nitrogen and oxygen atoms in total. The molecule has 0 unspecified atom stereocenters. The molecule has 0 bridgehead atoms. The molecule has 0 saturated heterocycles. The summed E-state index contributed by atoms with van der Waals surface area (Å²) in [5.41, 5.74) is 0. The Morgan fingerprint density at radius 2 is 1.00 bits per heavy atom. The van der Waals surface area contributed by atoms with Gasteiger partial charge in [-0.25, -0.2) is 0 Å². The van der Waals surface area contributed by atoms with Crippen molar-refractivity contribution in [2.75, 3.05) is 0 Å². The predicted octanol–water partition coefficient (Wildman–Crippen LogP) is -2.11. The van der Waals surface area contributed by atoms with Crippen LogP contribution in [0, 0.1) is 0 Å². The quantitative estimate of drug-likeness (QED) is 0.419. The molecule has 5 heteroatoms. The Morgan fingerprint density at radius 1 is 1.00 bits per heavy atom. The van der Waals surface area contributed by atoms with Crippen LogP contribution in [0.2, 0.25) is 0 Å². The molecule has 1 radical (unpaired) electrons. The van der Waals surface area contributed by atoms with Crippen molar-refractivity contribution < 1.29 is 54.5 Å². The maximum absolute atomic E-state index is 0. The normalized spacial score (nSPS) is 0. The summed E-state index contributed by atoms with van der Waals surface area (Å²) in [5, 5.41) is 0. The van der Waals surface area contributed by atoms with Crippen LogP contribution < -0.4 is 0 Å². The first-order valence-corrected chi connectivity index (χ1v) is 0. The molecule has 27 valence electrons. The van der Waals surface area contributed by atoms with E-state index in [0.29, 0.717) is 0 Å². The van der Waals surface area contributed by atoms with Gasteiger partial charge in [0.25, 0.3) is 0 Å². The second-order valence-corrected chi connectivity index (χ2v) is 0. The smallest absolute Gasteiger partial charge is 0 e. The predicted molar refractivity (Wildman–Crippen MR) is 18.5 cm³/mol. The van der Waals surface area contributed by atoms with Crippen molar-refractivity contribution in [3.8, 4) is 0 Å². The van der Waals surface area contributed by atoms with E-state index >= 15 is 0 Å². The molecule has 0 spiro atoms. The molecule has 0 aromatic rings. The first kappa shape index (κ1) is 43.6. The van der Waals surface area contributed by atoms with Crippen LogP contribution in [-0.4, -0.2) is 40.4 Å². The number of rotatable bonds is 0. The number of hydrogen-bond donors (Lipinski definition) is 0. The van der Waals surface area contributed by atoms with E-state index in [1.54, 1.807) is 0 Å². The molecule has 0 atom stereocenters. The van der Waals surface area contributed by atoms with Crippen LogP contribution in [0.1, 0.15) is 0 Å². The van der Waals surface area contributed by atoms with Crippen LogP contribution in [-0.2, 0) is 54.5 Å². The molecule has 0 aliphatic carbocycles. The Balaban J connectivity index is 0. The number of hydrogen-bond acceptors (Lipinski definition) is 0. The second-order valence-electron chi connectivity index (χ2n) is 0. The Hall–Kier alpha value is 3.00. The summed E-state index contributed by atoms with van der Waals surface area (Å²) >= 11 is 0. The minimum Gasteiger partial charge on any atom is 0 e. The van der Waals surface area contributed by atoms with E-state index in [2.05, 4.69) is 0 Å². The van der Waals surface area contributed by atoms with Gasteiger partial charge in [-0.1, -0.05) is 0 Å². The molecular weight excluding hydrogens is 226 g/mol. The Labute approximate surface area is 93.5 Å². The fourth-order valence-corrected chi connectivity index (χ4v) is 0. The zero-order valence-electron chi connectivity index (χ0n) is 1.47. The van der Waals surface area contributed by atoms with Crippen LogP contribution in [0.4, 0.5) is 0 Å². The van der Waals surface area contributed by atoms with Gasteiger partial charge in [0, 0.05) is 54.5 Å². The van der Waals surface area contributed by atoms with E-state index in [4.69, 9.17) is 0 Å². The monoisotopic (exact) mass is 229 g/mol. The van der Waals surface area contributed by atoms with Crippen LogP contribution in [0.5, 0.6) is 0 Å².